The van der Waals surface area contributed by atoms with Crippen LogP contribution in [-0.4, -0.2) is 46.2 Å². The number of aliphatic hydroxyl groups excluding tert-OH is 3. The Bertz CT molecular complexity index is 912. The van der Waals surface area contributed by atoms with Crippen molar-refractivity contribution in [2.45, 2.75) is 117 Å². The molecule has 0 heterocycles. The van der Waals surface area contributed by atoms with Crippen molar-refractivity contribution in [1.29, 1.82) is 0 Å². The molecule has 37 heavy (non-hydrogen) atoms. The predicted octanol–water partition coefficient (Wildman–Crippen LogP) is 5.88. The molecule has 0 aromatic rings. The second-order valence-corrected chi connectivity index (χ2v) is 13.5. The molecule has 4 fully saturated rings. The molecule has 0 bridgehead atoms. The standard InChI is InChI=1S/C32H50O5/c1-20(8-15-29(23-10-11-23)37-30(36)31(3,4)19-33)26-13-14-27-22(7-6-16-32(26,27)5)9-12-24-17-25(34)18-28(35)21(24)2/h9,12,20,23,25-29,33-35H,2,6-8,10-11,13-19H2,1,3-5H3/b22-9+,24-12-/t20-,25-,26-,27+,28+,29+,32-/m1/s1. The predicted molar refractivity (Wildman–Crippen MR) is 147 cm³/mol. The first kappa shape index (κ1) is 28.6. The van der Waals surface area contributed by atoms with Gasteiger partial charge in [-0.05, 0) is 118 Å². The lowest BCUT2D eigenvalue weighted by Crippen LogP contribution is -2.37. The molecule has 208 valence electrons. The lowest BCUT2D eigenvalue weighted by atomic mass is 9.60. The Morgan fingerprint density at radius 3 is 2.59 bits per heavy atom. The summed E-state index contributed by atoms with van der Waals surface area (Å²) in [6, 6.07) is 0. The van der Waals surface area contributed by atoms with Gasteiger partial charge in [0.1, 0.15) is 6.10 Å². The Morgan fingerprint density at radius 2 is 1.92 bits per heavy atom. The van der Waals surface area contributed by atoms with E-state index in [4.69, 9.17) is 4.74 Å². The summed E-state index contributed by atoms with van der Waals surface area (Å²) in [6.07, 6.45) is 14.5. The Labute approximate surface area is 224 Å². The van der Waals surface area contributed by atoms with Gasteiger partial charge in [-0.3, -0.25) is 4.79 Å². The minimum Gasteiger partial charge on any atom is -0.462 e. The molecular formula is C32H50O5. The molecule has 0 spiro atoms. The van der Waals surface area contributed by atoms with Gasteiger partial charge in [-0.25, -0.2) is 0 Å². The van der Waals surface area contributed by atoms with Crippen molar-refractivity contribution in [3.05, 3.63) is 35.5 Å². The highest BCUT2D eigenvalue weighted by Gasteiger charge is 2.50. The molecule has 0 aliphatic heterocycles. The van der Waals surface area contributed by atoms with E-state index in [-0.39, 0.29) is 24.1 Å². The maximum absolute atomic E-state index is 12.6. The molecule has 4 aliphatic carbocycles. The smallest absolute Gasteiger partial charge is 0.314 e. The van der Waals surface area contributed by atoms with E-state index in [0.29, 0.717) is 36.5 Å². The van der Waals surface area contributed by atoms with Gasteiger partial charge in [0.2, 0.25) is 0 Å². The summed E-state index contributed by atoms with van der Waals surface area (Å²) in [5, 5.41) is 29.9. The normalized spacial score (nSPS) is 36.5. The summed E-state index contributed by atoms with van der Waals surface area (Å²) >= 11 is 0. The third-order valence-electron chi connectivity index (χ3n) is 10.2. The molecule has 0 aromatic heterocycles. The molecule has 0 unspecified atom stereocenters. The van der Waals surface area contributed by atoms with Crippen LogP contribution in [0.2, 0.25) is 0 Å². The van der Waals surface area contributed by atoms with Crippen molar-refractivity contribution in [2.75, 3.05) is 6.61 Å². The highest BCUT2D eigenvalue weighted by atomic mass is 16.5. The quantitative estimate of drug-likeness (QED) is 0.334. The summed E-state index contributed by atoms with van der Waals surface area (Å²) < 4.78 is 5.95. The van der Waals surface area contributed by atoms with Gasteiger partial charge in [0.25, 0.3) is 0 Å². The van der Waals surface area contributed by atoms with Crippen LogP contribution in [0.3, 0.4) is 0 Å². The Kier molecular flexibility index (Phi) is 8.77. The van der Waals surface area contributed by atoms with Gasteiger partial charge in [0.15, 0.2) is 0 Å². The van der Waals surface area contributed by atoms with Gasteiger partial charge >= 0.3 is 5.97 Å². The Hall–Kier alpha value is -1.43. The fourth-order valence-electron chi connectivity index (χ4n) is 7.53. The van der Waals surface area contributed by atoms with Crippen molar-refractivity contribution in [3.63, 3.8) is 0 Å². The monoisotopic (exact) mass is 514 g/mol. The molecule has 4 saturated carbocycles. The summed E-state index contributed by atoms with van der Waals surface area (Å²) in [5.41, 5.74) is 2.71. The topological polar surface area (TPSA) is 87.0 Å². The van der Waals surface area contributed by atoms with E-state index in [0.717, 1.165) is 43.3 Å². The van der Waals surface area contributed by atoms with Crippen LogP contribution in [0.4, 0.5) is 0 Å². The van der Waals surface area contributed by atoms with Crippen LogP contribution in [-0.2, 0) is 9.53 Å². The van der Waals surface area contributed by atoms with Crippen LogP contribution < -0.4 is 0 Å². The molecule has 7 atom stereocenters. The summed E-state index contributed by atoms with van der Waals surface area (Å²) in [5.74, 6) is 2.03. The van der Waals surface area contributed by atoms with Crippen LogP contribution in [0.15, 0.2) is 35.5 Å². The van der Waals surface area contributed by atoms with Crippen LogP contribution in [0, 0.1) is 34.5 Å². The second kappa shape index (κ2) is 11.4. The number of hydrogen-bond acceptors (Lipinski definition) is 5. The van der Waals surface area contributed by atoms with E-state index in [1.807, 2.05) is 0 Å². The van der Waals surface area contributed by atoms with E-state index in [2.05, 4.69) is 32.6 Å². The van der Waals surface area contributed by atoms with Gasteiger partial charge in [-0.1, -0.05) is 38.2 Å². The third kappa shape index (κ3) is 6.25. The van der Waals surface area contributed by atoms with Crippen LogP contribution in [0.25, 0.3) is 0 Å². The van der Waals surface area contributed by atoms with Crippen molar-refractivity contribution >= 4 is 5.97 Å². The average Bonchev–Trinajstić information content (AvgIpc) is 3.63. The first-order chi connectivity index (χ1) is 17.5. The first-order valence-corrected chi connectivity index (χ1v) is 14.7. The summed E-state index contributed by atoms with van der Waals surface area (Å²) in [6.45, 7) is 12.3. The highest BCUT2D eigenvalue weighted by molar-refractivity contribution is 5.76. The number of esters is 1. The lowest BCUT2D eigenvalue weighted by molar-refractivity contribution is -0.163. The van der Waals surface area contributed by atoms with Gasteiger partial charge in [-0.2, -0.15) is 0 Å². The van der Waals surface area contributed by atoms with Crippen LogP contribution in [0.1, 0.15) is 98.3 Å². The minimum absolute atomic E-state index is 0.0199. The third-order valence-corrected chi connectivity index (χ3v) is 10.2. The summed E-state index contributed by atoms with van der Waals surface area (Å²) in [4.78, 5) is 12.6. The molecule has 4 rings (SSSR count). The van der Waals surface area contributed by atoms with E-state index in [1.165, 1.54) is 31.3 Å². The number of rotatable bonds is 9. The molecule has 0 radical (unpaired) electrons. The number of carbonyl (C=O) groups excluding carboxylic acids is 1. The molecule has 4 aliphatic rings. The molecule has 0 saturated heterocycles. The second-order valence-electron chi connectivity index (χ2n) is 13.5. The zero-order valence-corrected chi connectivity index (χ0v) is 23.5. The van der Waals surface area contributed by atoms with Gasteiger partial charge < -0.3 is 20.1 Å². The van der Waals surface area contributed by atoms with Gasteiger partial charge in [0, 0.05) is 6.42 Å². The zero-order chi connectivity index (χ0) is 27.0. The number of fused-ring (bicyclic) bond motifs is 1. The van der Waals surface area contributed by atoms with Crippen molar-refractivity contribution < 1.29 is 24.9 Å². The van der Waals surface area contributed by atoms with E-state index >= 15 is 0 Å². The van der Waals surface area contributed by atoms with Crippen molar-refractivity contribution in [3.8, 4) is 0 Å². The Morgan fingerprint density at radius 1 is 1.19 bits per heavy atom. The summed E-state index contributed by atoms with van der Waals surface area (Å²) in [7, 11) is 0. The maximum atomic E-state index is 12.6. The SMILES string of the molecule is C=C1/C(=C\C=C2/CCC[C@]3(C)[C@@H]([C@H](C)CC[C@H](OC(=O)C(C)(C)CO)C4CC4)CC[C@@H]23)C[C@@H](O)C[C@@H]1O. The lowest BCUT2D eigenvalue weighted by Gasteiger charge is -2.44. The largest absolute Gasteiger partial charge is 0.462 e. The maximum Gasteiger partial charge on any atom is 0.314 e. The fourth-order valence-corrected chi connectivity index (χ4v) is 7.53. The molecule has 0 amide bonds. The Balaban J connectivity index is 1.40. The average molecular weight is 515 g/mol. The number of hydrogen-bond donors (Lipinski definition) is 3. The number of ether oxygens (including phenoxy) is 1. The van der Waals surface area contributed by atoms with Crippen molar-refractivity contribution in [1.82, 2.24) is 0 Å². The van der Waals surface area contributed by atoms with Gasteiger partial charge in [0.05, 0.1) is 24.2 Å². The van der Waals surface area contributed by atoms with E-state index in [1.54, 1.807) is 13.8 Å². The van der Waals surface area contributed by atoms with E-state index in [9.17, 15) is 20.1 Å². The number of allylic oxidation sites excluding steroid dienone is 3. The minimum atomic E-state index is -0.842. The van der Waals surface area contributed by atoms with E-state index < -0.39 is 17.6 Å². The molecule has 5 heteroatoms. The number of aliphatic hydroxyl groups is 3. The van der Waals surface area contributed by atoms with Crippen LogP contribution in [0.5, 0.6) is 0 Å². The molecule has 5 nitrogen and oxygen atoms in total. The zero-order valence-electron chi connectivity index (χ0n) is 23.5. The number of carbonyl (C=O) groups is 1. The van der Waals surface area contributed by atoms with Crippen LogP contribution >= 0.6 is 0 Å². The molecule has 3 N–H and O–H groups in total. The first-order valence-electron chi connectivity index (χ1n) is 14.7. The molecular weight excluding hydrogens is 464 g/mol. The van der Waals surface area contributed by atoms with Gasteiger partial charge in [-0.15, -0.1) is 0 Å². The van der Waals surface area contributed by atoms with Crippen molar-refractivity contribution in [2.24, 2.45) is 34.5 Å². The fraction of sp³-hybridized carbons (Fsp3) is 0.781. The molecule has 0 aromatic carbocycles. The highest BCUT2D eigenvalue weighted by Crippen LogP contribution is 2.60.